The Kier molecular flexibility index (Phi) is 5.41. The summed E-state index contributed by atoms with van der Waals surface area (Å²) in [6, 6.07) is 2.46. The van der Waals surface area contributed by atoms with Gasteiger partial charge in [0, 0.05) is 12.3 Å². The molecule has 0 aromatic rings. The van der Waals surface area contributed by atoms with Crippen LogP contribution >= 0.6 is 0 Å². The van der Waals surface area contributed by atoms with Crippen LogP contribution in [0.15, 0.2) is 12.2 Å². The predicted molar refractivity (Wildman–Crippen MR) is 109 cm³/mol. The van der Waals surface area contributed by atoms with E-state index in [9.17, 15) is 5.26 Å². The van der Waals surface area contributed by atoms with Crippen molar-refractivity contribution in [1.82, 2.24) is 0 Å². The van der Waals surface area contributed by atoms with Crippen LogP contribution in [0.4, 0.5) is 0 Å². The minimum Gasteiger partial charge on any atom is -0.410 e. The standard InChI is InChI=1S/C22H39NOSi/c1-16-17(11-14-23)22(7)13-10-12-21(5,6)19(22)15-18(16)24-25(8,9)20(2,3)4/h17-19H,1,10-13,15H2,2-9H3/t17-,18+,19-,22+/m1/s1. The maximum atomic E-state index is 9.50. The number of nitriles is 1. The van der Waals surface area contributed by atoms with E-state index in [2.05, 4.69) is 67.3 Å². The molecular formula is C22H39NOSi. The van der Waals surface area contributed by atoms with Crippen LogP contribution in [0.25, 0.3) is 0 Å². The van der Waals surface area contributed by atoms with E-state index in [4.69, 9.17) is 4.43 Å². The molecule has 0 radical (unpaired) electrons. The topological polar surface area (TPSA) is 33.0 Å². The minimum absolute atomic E-state index is 0.120. The molecule has 0 heterocycles. The van der Waals surface area contributed by atoms with Gasteiger partial charge in [0.15, 0.2) is 8.32 Å². The first-order chi connectivity index (χ1) is 11.3. The molecular weight excluding hydrogens is 322 g/mol. The summed E-state index contributed by atoms with van der Waals surface area (Å²) in [5.74, 6) is 0.873. The number of fused-ring (bicyclic) bond motifs is 1. The van der Waals surface area contributed by atoms with Gasteiger partial charge in [0.1, 0.15) is 0 Å². The Bertz CT molecular complexity index is 566. The van der Waals surface area contributed by atoms with Crippen LogP contribution in [0, 0.1) is 34.0 Å². The Morgan fingerprint density at radius 3 is 2.36 bits per heavy atom. The third-order valence-electron chi connectivity index (χ3n) is 7.92. The lowest BCUT2D eigenvalue weighted by atomic mass is 9.47. The van der Waals surface area contributed by atoms with Gasteiger partial charge in [-0.1, -0.05) is 54.5 Å². The van der Waals surface area contributed by atoms with Crippen LogP contribution in [0.3, 0.4) is 0 Å². The van der Waals surface area contributed by atoms with E-state index in [1.807, 2.05) is 0 Å². The van der Waals surface area contributed by atoms with Gasteiger partial charge in [0.2, 0.25) is 0 Å². The van der Waals surface area contributed by atoms with Gasteiger partial charge in [-0.25, -0.2) is 0 Å². The Labute approximate surface area is 157 Å². The molecule has 3 heteroatoms. The zero-order valence-electron chi connectivity index (χ0n) is 17.8. The fourth-order valence-corrected chi connectivity index (χ4v) is 6.61. The number of hydrogen-bond donors (Lipinski definition) is 0. The number of hydrogen-bond acceptors (Lipinski definition) is 2. The average molecular weight is 362 g/mol. The first-order valence-corrected chi connectivity index (χ1v) is 12.9. The molecule has 2 aliphatic rings. The van der Waals surface area contributed by atoms with Gasteiger partial charge in [-0.3, -0.25) is 0 Å². The predicted octanol–water partition coefficient (Wildman–Crippen LogP) is 6.70. The van der Waals surface area contributed by atoms with Crippen molar-refractivity contribution >= 4 is 8.32 Å². The zero-order valence-corrected chi connectivity index (χ0v) is 18.8. The molecule has 0 aliphatic heterocycles. The van der Waals surface area contributed by atoms with E-state index in [0.29, 0.717) is 17.8 Å². The summed E-state index contributed by atoms with van der Waals surface area (Å²) in [7, 11) is -1.86. The zero-order chi connectivity index (χ0) is 19.3. The van der Waals surface area contributed by atoms with E-state index in [1.165, 1.54) is 24.8 Å². The molecule has 2 aliphatic carbocycles. The molecule has 0 aromatic heterocycles. The van der Waals surface area contributed by atoms with Crippen molar-refractivity contribution in [1.29, 1.82) is 5.26 Å². The Morgan fingerprint density at radius 2 is 1.84 bits per heavy atom. The van der Waals surface area contributed by atoms with Crippen LogP contribution in [0.1, 0.15) is 73.6 Å². The summed E-state index contributed by atoms with van der Waals surface area (Å²) in [6.07, 6.45) is 5.55. The summed E-state index contributed by atoms with van der Waals surface area (Å²) in [6.45, 7) is 23.3. The summed E-state index contributed by atoms with van der Waals surface area (Å²) < 4.78 is 6.85. The lowest BCUT2D eigenvalue weighted by molar-refractivity contribution is -0.0780. The molecule has 0 bridgehead atoms. The monoisotopic (exact) mass is 361 g/mol. The third-order valence-corrected chi connectivity index (χ3v) is 12.4. The molecule has 0 unspecified atom stereocenters. The quantitative estimate of drug-likeness (QED) is 0.414. The van der Waals surface area contributed by atoms with Crippen LogP contribution in [0.5, 0.6) is 0 Å². The highest BCUT2D eigenvalue weighted by molar-refractivity contribution is 6.74. The second-order valence-corrected chi connectivity index (χ2v) is 15.7. The van der Waals surface area contributed by atoms with Gasteiger partial charge >= 0.3 is 0 Å². The van der Waals surface area contributed by atoms with Gasteiger partial charge < -0.3 is 4.43 Å². The van der Waals surface area contributed by atoms with Crippen LogP contribution in [-0.2, 0) is 4.43 Å². The van der Waals surface area contributed by atoms with Crippen molar-refractivity contribution in [3.8, 4) is 6.07 Å². The lowest BCUT2D eigenvalue weighted by Crippen LogP contribution is -2.55. The molecule has 2 nitrogen and oxygen atoms in total. The molecule has 25 heavy (non-hydrogen) atoms. The van der Waals surface area contributed by atoms with E-state index in [-0.39, 0.29) is 22.5 Å². The smallest absolute Gasteiger partial charge is 0.192 e. The van der Waals surface area contributed by atoms with E-state index >= 15 is 0 Å². The first kappa shape index (κ1) is 20.7. The van der Waals surface area contributed by atoms with E-state index < -0.39 is 8.32 Å². The van der Waals surface area contributed by atoms with Crippen molar-refractivity contribution < 1.29 is 4.43 Å². The molecule has 0 spiro atoms. The lowest BCUT2D eigenvalue weighted by Gasteiger charge is -2.60. The molecule has 0 aromatic carbocycles. The normalized spacial score (nSPS) is 35.8. The summed E-state index contributed by atoms with van der Waals surface area (Å²) in [4.78, 5) is 0. The molecule has 4 atom stereocenters. The van der Waals surface area contributed by atoms with Crippen molar-refractivity contribution in [2.45, 2.75) is 97.9 Å². The van der Waals surface area contributed by atoms with Gasteiger partial charge in [-0.15, -0.1) is 0 Å². The largest absolute Gasteiger partial charge is 0.410 e. The van der Waals surface area contributed by atoms with Gasteiger partial charge in [0.25, 0.3) is 0 Å². The number of rotatable bonds is 3. The van der Waals surface area contributed by atoms with Crippen molar-refractivity contribution in [2.75, 3.05) is 0 Å². The van der Waals surface area contributed by atoms with Crippen molar-refractivity contribution in [2.24, 2.45) is 22.7 Å². The van der Waals surface area contributed by atoms with Crippen LogP contribution in [-0.4, -0.2) is 14.4 Å². The summed E-state index contributed by atoms with van der Waals surface area (Å²) >= 11 is 0. The second kappa shape index (κ2) is 6.53. The van der Waals surface area contributed by atoms with Gasteiger partial charge in [-0.2, -0.15) is 5.26 Å². The Hall–Kier alpha value is -0.593. The molecule has 0 amide bonds. The van der Waals surface area contributed by atoms with E-state index in [1.54, 1.807) is 0 Å². The van der Waals surface area contributed by atoms with Gasteiger partial charge in [-0.05, 0) is 59.7 Å². The second-order valence-electron chi connectivity index (χ2n) is 11.0. The van der Waals surface area contributed by atoms with Gasteiger partial charge in [0.05, 0.1) is 12.2 Å². The van der Waals surface area contributed by atoms with E-state index in [0.717, 1.165) is 6.42 Å². The maximum absolute atomic E-state index is 9.50. The fraction of sp³-hybridized carbons (Fsp3) is 0.864. The average Bonchev–Trinajstić information content (AvgIpc) is 2.44. The minimum atomic E-state index is -1.86. The highest BCUT2D eigenvalue weighted by Gasteiger charge is 2.56. The van der Waals surface area contributed by atoms with Crippen LogP contribution in [0.2, 0.25) is 18.1 Å². The Morgan fingerprint density at radius 1 is 1.24 bits per heavy atom. The summed E-state index contributed by atoms with van der Waals surface area (Å²) in [5.41, 5.74) is 1.71. The molecule has 2 rings (SSSR count). The highest BCUT2D eigenvalue weighted by atomic mass is 28.4. The maximum Gasteiger partial charge on any atom is 0.192 e. The molecule has 2 saturated carbocycles. The Balaban J connectivity index is 2.39. The molecule has 142 valence electrons. The SMILES string of the molecule is C=C1[C@@H](O[Si](C)(C)C(C)(C)C)C[C@@H]2C(C)(C)CCC[C@@]2(C)[C@@H]1CC#N. The first-order valence-electron chi connectivity index (χ1n) is 10.00. The third kappa shape index (κ3) is 3.62. The molecule has 0 N–H and O–H groups in total. The summed E-state index contributed by atoms with van der Waals surface area (Å²) in [5, 5.41) is 9.69. The molecule has 2 fully saturated rings. The number of nitrogens with zero attached hydrogens (tertiary/aromatic N) is 1. The fourth-order valence-electron chi connectivity index (χ4n) is 5.30. The highest BCUT2D eigenvalue weighted by Crippen LogP contribution is 2.62. The molecule has 0 saturated heterocycles. The van der Waals surface area contributed by atoms with Crippen LogP contribution < -0.4 is 0 Å². The van der Waals surface area contributed by atoms with Crippen molar-refractivity contribution in [3.63, 3.8) is 0 Å². The van der Waals surface area contributed by atoms with Crippen molar-refractivity contribution in [3.05, 3.63) is 12.2 Å².